The molecule has 0 bridgehead atoms. The molecule has 3 N–H and O–H groups in total. The molecule has 0 aliphatic heterocycles. The second kappa shape index (κ2) is 6.22. The zero-order valence-corrected chi connectivity index (χ0v) is 10.9. The normalized spacial score (nSPS) is 10.0. The van der Waals surface area contributed by atoms with Crippen LogP contribution >= 0.6 is 11.6 Å². The number of benzene rings is 2. The minimum Gasteiger partial charge on any atom is -0.457 e. The first-order valence-electron chi connectivity index (χ1n) is 5.71. The second-order valence-electron chi connectivity index (χ2n) is 3.84. The molecular weight excluding hydrogens is 264 g/mol. The number of nitrogens with one attached hydrogen (secondary N) is 1. The molecule has 0 aliphatic carbocycles. The van der Waals surface area contributed by atoms with E-state index in [9.17, 15) is 4.79 Å². The van der Waals surface area contributed by atoms with Gasteiger partial charge in [-0.1, -0.05) is 17.7 Å². The second-order valence-corrected chi connectivity index (χ2v) is 4.27. The van der Waals surface area contributed by atoms with Gasteiger partial charge in [-0.15, -0.1) is 0 Å². The summed E-state index contributed by atoms with van der Waals surface area (Å²) in [4.78, 5) is 11.2. The van der Waals surface area contributed by atoms with Gasteiger partial charge in [-0.25, -0.2) is 0 Å². The molecule has 2 aromatic carbocycles. The van der Waals surface area contributed by atoms with Crippen LogP contribution in [0.2, 0.25) is 5.02 Å². The van der Waals surface area contributed by atoms with Gasteiger partial charge in [-0.3, -0.25) is 4.79 Å². The third-order valence-corrected chi connectivity index (χ3v) is 2.60. The van der Waals surface area contributed by atoms with Gasteiger partial charge in [-0.2, -0.15) is 0 Å². The molecule has 2 aromatic rings. The maximum absolute atomic E-state index is 11.2. The number of hydrogen-bond donors (Lipinski definition) is 2. The average molecular weight is 277 g/mol. The molecule has 0 atom stereocenters. The summed E-state index contributed by atoms with van der Waals surface area (Å²) in [5, 5.41) is 3.31. The SMILES string of the molecule is NCC(=O)Nc1cccc(Oc2ccc(Cl)cc2)c1. The standard InChI is InChI=1S/C14H13ClN2O2/c15-10-4-6-12(7-5-10)19-13-3-1-2-11(8-13)17-14(18)9-16/h1-8H,9,16H2,(H,17,18). The molecule has 0 spiro atoms. The van der Waals surface area contributed by atoms with E-state index in [1.54, 1.807) is 48.5 Å². The molecule has 0 heterocycles. The van der Waals surface area contributed by atoms with Crippen LogP contribution in [-0.4, -0.2) is 12.5 Å². The molecular formula is C14H13ClN2O2. The van der Waals surface area contributed by atoms with Gasteiger partial charge in [0.1, 0.15) is 11.5 Å². The van der Waals surface area contributed by atoms with Crippen LogP contribution in [0.3, 0.4) is 0 Å². The van der Waals surface area contributed by atoms with E-state index in [0.717, 1.165) is 0 Å². The van der Waals surface area contributed by atoms with Crippen molar-refractivity contribution in [2.45, 2.75) is 0 Å². The van der Waals surface area contributed by atoms with Crippen LogP contribution in [0.1, 0.15) is 0 Å². The first-order chi connectivity index (χ1) is 9.17. The Kier molecular flexibility index (Phi) is 4.39. The summed E-state index contributed by atoms with van der Waals surface area (Å²) in [6, 6.07) is 14.1. The van der Waals surface area contributed by atoms with E-state index in [4.69, 9.17) is 22.1 Å². The highest BCUT2D eigenvalue weighted by molar-refractivity contribution is 6.30. The molecule has 4 nitrogen and oxygen atoms in total. The molecule has 0 unspecified atom stereocenters. The lowest BCUT2D eigenvalue weighted by molar-refractivity contribution is -0.114. The molecule has 0 aliphatic rings. The number of hydrogen-bond acceptors (Lipinski definition) is 3. The van der Waals surface area contributed by atoms with Crippen LogP contribution in [0, 0.1) is 0 Å². The van der Waals surface area contributed by atoms with Crippen LogP contribution in [-0.2, 0) is 4.79 Å². The Balaban J connectivity index is 2.10. The lowest BCUT2D eigenvalue weighted by Gasteiger charge is -2.08. The largest absolute Gasteiger partial charge is 0.457 e. The number of anilines is 1. The fourth-order valence-corrected chi connectivity index (χ4v) is 1.61. The number of rotatable bonds is 4. The molecule has 0 saturated carbocycles. The molecule has 0 radical (unpaired) electrons. The van der Waals surface area contributed by atoms with Crippen molar-refractivity contribution in [2.75, 3.05) is 11.9 Å². The first kappa shape index (κ1) is 13.4. The van der Waals surface area contributed by atoms with Crippen LogP contribution in [0.4, 0.5) is 5.69 Å². The van der Waals surface area contributed by atoms with Crippen molar-refractivity contribution < 1.29 is 9.53 Å². The third-order valence-electron chi connectivity index (χ3n) is 2.35. The zero-order valence-electron chi connectivity index (χ0n) is 10.1. The van der Waals surface area contributed by atoms with E-state index in [1.807, 2.05) is 0 Å². The summed E-state index contributed by atoms with van der Waals surface area (Å²) < 4.78 is 5.65. The lowest BCUT2D eigenvalue weighted by atomic mass is 10.3. The molecule has 1 amide bonds. The van der Waals surface area contributed by atoms with Crippen LogP contribution in [0.25, 0.3) is 0 Å². The van der Waals surface area contributed by atoms with Crippen molar-refractivity contribution in [2.24, 2.45) is 5.73 Å². The Morgan fingerprint density at radius 2 is 1.89 bits per heavy atom. The summed E-state index contributed by atoms with van der Waals surface area (Å²) in [6.07, 6.45) is 0. The van der Waals surface area contributed by atoms with Gasteiger partial charge in [0.2, 0.25) is 5.91 Å². The topological polar surface area (TPSA) is 64.4 Å². The summed E-state index contributed by atoms with van der Waals surface area (Å²) in [6.45, 7) is -0.0533. The third kappa shape index (κ3) is 3.98. The molecule has 0 fully saturated rings. The molecule has 98 valence electrons. The van der Waals surface area contributed by atoms with E-state index in [2.05, 4.69) is 5.32 Å². The Morgan fingerprint density at radius 3 is 2.58 bits per heavy atom. The van der Waals surface area contributed by atoms with E-state index in [-0.39, 0.29) is 12.5 Å². The minimum atomic E-state index is -0.247. The highest BCUT2D eigenvalue weighted by Gasteiger charge is 2.02. The van der Waals surface area contributed by atoms with Crippen LogP contribution in [0.5, 0.6) is 11.5 Å². The fourth-order valence-electron chi connectivity index (χ4n) is 1.49. The Hall–Kier alpha value is -2.04. The Bertz CT molecular complexity index is 570. The maximum atomic E-state index is 11.2. The van der Waals surface area contributed by atoms with Gasteiger partial charge in [0.05, 0.1) is 6.54 Å². The predicted molar refractivity (Wildman–Crippen MR) is 75.7 cm³/mol. The average Bonchev–Trinajstić information content (AvgIpc) is 2.42. The Labute approximate surface area is 116 Å². The molecule has 0 saturated heterocycles. The number of carbonyl (C=O) groups excluding carboxylic acids is 1. The van der Waals surface area contributed by atoms with E-state index >= 15 is 0 Å². The zero-order chi connectivity index (χ0) is 13.7. The Morgan fingerprint density at radius 1 is 1.16 bits per heavy atom. The highest BCUT2D eigenvalue weighted by Crippen LogP contribution is 2.25. The summed E-state index contributed by atoms with van der Waals surface area (Å²) >= 11 is 5.80. The number of carbonyl (C=O) groups is 1. The molecule has 2 rings (SSSR count). The monoisotopic (exact) mass is 276 g/mol. The number of amides is 1. The smallest absolute Gasteiger partial charge is 0.238 e. The van der Waals surface area contributed by atoms with Gasteiger partial charge >= 0.3 is 0 Å². The highest BCUT2D eigenvalue weighted by atomic mass is 35.5. The minimum absolute atomic E-state index is 0.0533. The summed E-state index contributed by atoms with van der Waals surface area (Å²) in [5.41, 5.74) is 5.88. The molecule has 19 heavy (non-hydrogen) atoms. The van der Waals surface area contributed by atoms with Crippen molar-refractivity contribution in [1.29, 1.82) is 0 Å². The van der Waals surface area contributed by atoms with Crippen molar-refractivity contribution in [1.82, 2.24) is 0 Å². The number of nitrogens with two attached hydrogens (primary N) is 1. The van der Waals surface area contributed by atoms with Crippen molar-refractivity contribution >= 4 is 23.2 Å². The number of halogens is 1. The van der Waals surface area contributed by atoms with Gasteiger partial charge < -0.3 is 15.8 Å². The van der Waals surface area contributed by atoms with Gasteiger partial charge in [0, 0.05) is 16.8 Å². The lowest BCUT2D eigenvalue weighted by Crippen LogP contribution is -2.21. The van der Waals surface area contributed by atoms with Gasteiger partial charge in [-0.05, 0) is 36.4 Å². The summed E-state index contributed by atoms with van der Waals surface area (Å²) in [5.74, 6) is 1.05. The van der Waals surface area contributed by atoms with Crippen molar-refractivity contribution in [3.63, 3.8) is 0 Å². The van der Waals surface area contributed by atoms with Crippen molar-refractivity contribution in [3.05, 3.63) is 53.6 Å². The quantitative estimate of drug-likeness (QED) is 0.902. The maximum Gasteiger partial charge on any atom is 0.238 e. The summed E-state index contributed by atoms with van der Waals surface area (Å²) in [7, 11) is 0. The van der Waals surface area contributed by atoms with Crippen LogP contribution in [0.15, 0.2) is 48.5 Å². The first-order valence-corrected chi connectivity index (χ1v) is 6.08. The predicted octanol–water partition coefficient (Wildman–Crippen LogP) is 3.03. The fraction of sp³-hybridized carbons (Fsp3) is 0.0714. The van der Waals surface area contributed by atoms with E-state index in [0.29, 0.717) is 22.2 Å². The van der Waals surface area contributed by atoms with Gasteiger partial charge in [0.25, 0.3) is 0 Å². The van der Waals surface area contributed by atoms with Crippen LogP contribution < -0.4 is 15.8 Å². The van der Waals surface area contributed by atoms with E-state index < -0.39 is 0 Å². The number of ether oxygens (including phenoxy) is 1. The van der Waals surface area contributed by atoms with Crippen molar-refractivity contribution in [3.8, 4) is 11.5 Å². The van der Waals surface area contributed by atoms with E-state index in [1.165, 1.54) is 0 Å². The molecule has 0 aromatic heterocycles. The molecule has 5 heteroatoms. The van der Waals surface area contributed by atoms with Gasteiger partial charge in [0.15, 0.2) is 0 Å².